The third kappa shape index (κ3) is 5.08. The van der Waals surface area contributed by atoms with E-state index in [1.165, 1.54) is 0 Å². The van der Waals surface area contributed by atoms with Crippen molar-refractivity contribution in [1.82, 2.24) is 10.2 Å². The average molecular weight is 363 g/mol. The Labute approximate surface area is 160 Å². The number of hydrogen-bond acceptors (Lipinski definition) is 4. The van der Waals surface area contributed by atoms with Crippen molar-refractivity contribution in [2.45, 2.75) is 31.8 Å². The van der Waals surface area contributed by atoms with Crippen molar-refractivity contribution in [1.29, 1.82) is 5.26 Å². The van der Waals surface area contributed by atoms with Gasteiger partial charge in [0.2, 0.25) is 5.91 Å². The summed E-state index contributed by atoms with van der Waals surface area (Å²) in [5.74, 6) is 0.918. The largest absolute Gasteiger partial charge is 0.496 e. The quantitative estimate of drug-likeness (QED) is 0.857. The summed E-state index contributed by atoms with van der Waals surface area (Å²) in [6.45, 7) is 2.28. The van der Waals surface area contributed by atoms with Gasteiger partial charge in [-0.1, -0.05) is 30.3 Å². The number of piperidine rings is 1. The van der Waals surface area contributed by atoms with Crippen LogP contribution in [0.2, 0.25) is 0 Å². The van der Waals surface area contributed by atoms with Crippen LogP contribution in [0.3, 0.4) is 0 Å². The Morgan fingerprint density at radius 2 is 2.00 bits per heavy atom. The summed E-state index contributed by atoms with van der Waals surface area (Å²) < 4.78 is 5.34. The van der Waals surface area contributed by atoms with E-state index in [1.54, 1.807) is 7.11 Å². The zero-order valence-corrected chi connectivity index (χ0v) is 15.6. The monoisotopic (exact) mass is 363 g/mol. The molecule has 1 amide bonds. The van der Waals surface area contributed by atoms with Gasteiger partial charge in [-0.25, -0.2) is 0 Å². The summed E-state index contributed by atoms with van der Waals surface area (Å²) >= 11 is 0. The van der Waals surface area contributed by atoms with E-state index >= 15 is 0 Å². The molecule has 27 heavy (non-hydrogen) atoms. The number of carbonyl (C=O) groups excluding carboxylic acids is 1. The van der Waals surface area contributed by atoms with Gasteiger partial charge in [0.05, 0.1) is 25.2 Å². The van der Waals surface area contributed by atoms with Crippen molar-refractivity contribution in [3.05, 3.63) is 65.2 Å². The van der Waals surface area contributed by atoms with Crippen LogP contribution in [0.25, 0.3) is 0 Å². The molecule has 0 atom stereocenters. The van der Waals surface area contributed by atoms with E-state index in [1.807, 2.05) is 53.4 Å². The number of hydrogen-bond donors (Lipinski definition) is 1. The molecule has 0 radical (unpaired) electrons. The van der Waals surface area contributed by atoms with E-state index in [4.69, 9.17) is 10.00 Å². The zero-order chi connectivity index (χ0) is 19.1. The van der Waals surface area contributed by atoms with Crippen molar-refractivity contribution >= 4 is 5.91 Å². The van der Waals surface area contributed by atoms with Crippen LogP contribution >= 0.6 is 0 Å². The summed E-state index contributed by atoms with van der Waals surface area (Å²) in [4.78, 5) is 14.6. The van der Waals surface area contributed by atoms with Crippen molar-refractivity contribution < 1.29 is 9.53 Å². The number of likely N-dealkylation sites (tertiary alicyclic amines) is 1. The van der Waals surface area contributed by atoms with Gasteiger partial charge >= 0.3 is 0 Å². The van der Waals surface area contributed by atoms with E-state index in [9.17, 15) is 4.79 Å². The number of methoxy groups -OCH3 is 1. The predicted molar refractivity (Wildman–Crippen MR) is 104 cm³/mol. The number of nitrogens with one attached hydrogen (secondary N) is 1. The molecule has 0 saturated carbocycles. The number of rotatable bonds is 6. The lowest BCUT2D eigenvalue weighted by Gasteiger charge is -2.32. The van der Waals surface area contributed by atoms with Crippen molar-refractivity contribution in [2.75, 3.05) is 20.2 Å². The van der Waals surface area contributed by atoms with Crippen LogP contribution in [0, 0.1) is 11.3 Å². The molecule has 1 aliphatic rings. The molecule has 0 aliphatic carbocycles. The second kappa shape index (κ2) is 9.20. The van der Waals surface area contributed by atoms with E-state index in [-0.39, 0.29) is 5.91 Å². The summed E-state index contributed by atoms with van der Waals surface area (Å²) in [5, 5.41) is 12.5. The van der Waals surface area contributed by atoms with Crippen molar-refractivity contribution in [2.24, 2.45) is 0 Å². The molecule has 0 spiro atoms. The average Bonchev–Trinajstić information content (AvgIpc) is 2.73. The molecule has 2 aromatic rings. The fourth-order valence-corrected chi connectivity index (χ4v) is 3.47. The Balaban J connectivity index is 1.47. The Morgan fingerprint density at radius 1 is 1.22 bits per heavy atom. The number of amides is 1. The Kier molecular flexibility index (Phi) is 6.45. The van der Waals surface area contributed by atoms with Crippen molar-refractivity contribution in [3.8, 4) is 11.8 Å². The highest BCUT2D eigenvalue weighted by atomic mass is 16.5. The minimum Gasteiger partial charge on any atom is -0.496 e. The summed E-state index contributed by atoms with van der Waals surface area (Å²) in [6, 6.07) is 17.9. The van der Waals surface area contributed by atoms with E-state index < -0.39 is 0 Å². The van der Waals surface area contributed by atoms with E-state index in [0.29, 0.717) is 18.0 Å². The van der Waals surface area contributed by atoms with Crippen LogP contribution in [-0.2, 0) is 17.8 Å². The summed E-state index contributed by atoms with van der Waals surface area (Å²) in [5.41, 5.74) is 2.73. The van der Waals surface area contributed by atoms with E-state index in [2.05, 4.69) is 11.4 Å². The molecule has 0 bridgehead atoms. The smallest absolute Gasteiger partial charge is 0.227 e. The maximum Gasteiger partial charge on any atom is 0.227 e. The van der Waals surface area contributed by atoms with Gasteiger partial charge in [-0.2, -0.15) is 5.26 Å². The molecular formula is C22H25N3O2. The highest BCUT2D eigenvalue weighted by Gasteiger charge is 2.23. The molecule has 1 saturated heterocycles. The highest BCUT2D eigenvalue weighted by Crippen LogP contribution is 2.20. The lowest BCUT2D eigenvalue weighted by Crippen LogP contribution is -2.45. The standard InChI is InChI=1S/C22H25N3O2/c1-27-21-8-3-2-7-19(21)14-22(26)25-11-9-20(10-12-25)24-16-18-6-4-5-17(13-18)15-23/h2-8,13,20,24H,9-12,14,16H2,1H3. The molecule has 140 valence electrons. The zero-order valence-electron chi connectivity index (χ0n) is 15.6. The minimum absolute atomic E-state index is 0.152. The normalized spacial score (nSPS) is 14.6. The minimum atomic E-state index is 0.152. The first-order chi connectivity index (χ1) is 13.2. The van der Waals surface area contributed by atoms with Gasteiger partial charge in [0, 0.05) is 31.2 Å². The molecule has 1 heterocycles. The number of para-hydroxylation sites is 1. The number of ether oxygens (including phenoxy) is 1. The molecule has 3 rings (SSSR count). The second-order valence-corrected chi connectivity index (χ2v) is 6.84. The molecule has 1 N–H and O–H groups in total. The van der Waals surface area contributed by atoms with Crippen LogP contribution in [-0.4, -0.2) is 37.0 Å². The van der Waals surface area contributed by atoms with Crippen molar-refractivity contribution in [3.63, 3.8) is 0 Å². The lowest BCUT2D eigenvalue weighted by atomic mass is 10.0. The molecule has 1 aliphatic heterocycles. The van der Waals surface area contributed by atoms with Gasteiger partial charge in [0.15, 0.2) is 0 Å². The second-order valence-electron chi connectivity index (χ2n) is 6.84. The van der Waals surface area contributed by atoms with Crippen LogP contribution < -0.4 is 10.1 Å². The van der Waals surface area contributed by atoms with Gasteiger partial charge in [-0.15, -0.1) is 0 Å². The topological polar surface area (TPSA) is 65.4 Å². The number of benzene rings is 2. The first kappa shape index (κ1) is 18.9. The first-order valence-corrected chi connectivity index (χ1v) is 9.31. The predicted octanol–water partition coefficient (Wildman–Crippen LogP) is 2.89. The maximum absolute atomic E-state index is 12.6. The Hall–Kier alpha value is -2.84. The van der Waals surface area contributed by atoms with Gasteiger partial charge in [0.25, 0.3) is 0 Å². The number of nitrogens with zero attached hydrogens (tertiary/aromatic N) is 2. The molecule has 0 unspecified atom stereocenters. The lowest BCUT2D eigenvalue weighted by molar-refractivity contribution is -0.131. The van der Waals surface area contributed by atoms with Gasteiger partial charge in [0.1, 0.15) is 5.75 Å². The molecular weight excluding hydrogens is 338 g/mol. The maximum atomic E-state index is 12.6. The molecule has 1 fully saturated rings. The number of nitriles is 1. The van der Waals surface area contributed by atoms with Gasteiger partial charge in [-0.05, 0) is 36.6 Å². The first-order valence-electron chi connectivity index (χ1n) is 9.31. The molecule has 0 aromatic heterocycles. The Bertz CT molecular complexity index is 820. The molecule has 2 aromatic carbocycles. The van der Waals surface area contributed by atoms with Crippen LogP contribution in [0.15, 0.2) is 48.5 Å². The summed E-state index contributed by atoms with van der Waals surface area (Å²) in [6.07, 6.45) is 2.26. The SMILES string of the molecule is COc1ccccc1CC(=O)N1CCC(NCc2cccc(C#N)c2)CC1. The van der Waals surface area contributed by atoms with Gasteiger partial charge in [-0.3, -0.25) is 4.79 Å². The number of carbonyl (C=O) groups is 1. The molecule has 5 heteroatoms. The van der Waals surface area contributed by atoms with Crippen LogP contribution in [0.5, 0.6) is 5.75 Å². The van der Waals surface area contributed by atoms with Gasteiger partial charge < -0.3 is 15.0 Å². The third-order valence-electron chi connectivity index (χ3n) is 5.03. The Morgan fingerprint density at radius 3 is 2.74 bits per heavy atom. The van der Waals surface area contributed by atoms with E-state index in [0.717, 1.165) is 49.4 Å². The third-order valence-corrected chi connectivity index (χ3v) is 5.03. The van der Waals surface area contributed by atoms with Crippen LogP contribution in [0.1, 0.15) is 29.5 Å². The fraction of sp³-hybridized carbons (Fsp3) is 0.364. The highest BCUT2D eigenvalue weighted by molar-refractivity contribution is 5.79. The van der Waals surface area contributed by atoms with Crippen LogP contribution in [0.4, 0.5) is 0 Å². The summed E-state index contributed by atoms with van der Waals surface area (Å²) in [7, 11) is 1.63. The fourth-order valence-electron chi connectivity index (χ4n) is 3.47. The molecule has 5 nitrogen and oxygen atoms in total.